The second-order valence-electron chi connectivity index (χ2n) is 12.0. The average molecular weight is 565 g/mol. The van der Waals surface area contributed by atoms with E-state index in [1.165, 1.54) is 23.3 Å². The fraction of sp³-hybridized carbons (Fsp3) is 0.724. The van der Waals surface area contributed by atoms with E-state index in [0.29, 0.717) is 30.5 Å². The zero-order valence-electron chi connectivity index (χ0n) is 24.2. The number of amides is 1. The number of fused-ring (bicyclic) bond motifs is 1. The summed E-state index contributed by atoms with van der Waals surface area (Å²) in [6.07, 6.45) is 1.84. The first-order chi connectivity index (χ1) is 18.2. The Labute approximate surface area is 235 Å². The number of ketones is 1. The quantitative estimate of drug-likeness (QED) is 0.417. The molecule has 2 fully saturated rings. The topological polar surface area (TPSA) is 126 Å². The van der Waals surface area contributed by atoms with Crippen LogP contribution in [0.4, 0.5) is 0 Å². The molecule has 2 aliphatic heterocycles. The molecule has 6 unspecified atom stereocenters. The van der Waals surface area contributed by atoms with E-state index in [1.54, 1.807) is 13.0 Å². The number of carbonyl (C=O) groups excluding carboxylic acids is 3. The number of Topliss-reactive ketones (excluding diaryl/α,β-unsaturated/α-hetero) is 1. The van der Waals surface area contributed by atoms with Gasteiger partial charge in [0, 0.05) is 30.2 Å². The zero-order chi connectivity index (χ0) is 29.1. The summed E-state index contributed by atoms with van der Waals surface area (Å²) < 4.78 is 10.8. The highest BCUT2D eigenvalue weighted by atomic mass is 32.1. The number of thiazole rings is 1. The van der Waals surface area contributed by atoms with Gasteiger partial charge in [0.05, 0.1) is 16.7 Å². The Morgan fingerprint density at radius 1 is 1.31 bits per heavy atom. The Hall–Kier alpha value is -2.14. The molecule has 0 aromatic carbocycles. The molecule has 0 spiro atoms. The molecule has 0 radical (unpaired) electrons. The Kier molecular flexibility index (Phi) is 10.1. The summed E-state index contributed by atoms with van der Waals surface area (Å²) >= 11 is 1.46. The third kappa shape index (κ3) is 7.14. The van der Waals surface area contributed by atoms with Gasteiger partial charge in [-0.05, 0) is 50.7 Å². The molecular formula is C29H44N2O7S. The second-order valence-corrected chi connectivity index (χ2v) is 13.0. The van der Waals surface area contributed by atoms with Gasteiger partial charge in [-0.1, -0.05) is 40.5 Å². The molecule has 6 atom stereocenters. The van der Waals surface area contributed by atoms with E-state index in [-0.39, 0.29) is 30.6 Å². The number of carbonyl (C=O) groups is 3. The summed E-state index contributed by atoms with van der Waals surface area (Å²) in [6.45, 7) is 11.1. The van der Waals surface area contributed by atoms with Gasteiger partial charge in [-0.25, -0.2) is 4.98 Å². The van der Waals surface area contributed by atoms with Crippen molar-refractivity contribution in [1.82, 2.24) is 9.88 Å². The van der Waals surface area contributed by atoms with Crippen LogP contribution in [-0.2, 0) is 23.9 Å². The molecular weight excluding hydrogens is 520 g/mol. The molecule has 2 N–H and O–H groups in total. The molecule has 0 saturated carbocycles. The lowest BCUT2D eigenvalue weighted by Crippen LogP contribution is -2.47. The van der Waals surface area contributed by atoms with Gasteiger partial charge in [-0.3, -0.25) is 14.4 Å². The Balaban J connectivity index is 1.98. The maximum atomic E-state index is 13.2. The van der Waals surface area contributed by atoms with Crippen LogP contribution in [0.1, 0.15) is 83.8 Å². The molecule has 1 amide bonds. The number of hydrogen-bond donors (Lipinski definition) is 2. The largest absolute Gasteiger partial charge is 0.455 e. The van der Waals surface area contributed by atoms with E-state index in [9.17, 15) is 24.6 Å². The van der Waals surface area contributed by atoms with Gasteiger partial charge in [0.1, 0.15) is 18.5 Å². The highest BCUT2D eigenvalue weighted by Crippen LogP contribution is 2.47. The first kappa shape index (κ1) is 31.4. The van der Waals surface area contributed by atoms with Crippen molar-refractivity contribution >= 4 is 35.1 Å². The molecule has 1 aromatic rings. The SMILES string of the molecule is COCC(=O)N1C2CCCC(C)CC(C)C(=O)C(C)(C)CCC(=O)OC(C(C)=Cc3csc(C)n3)C(O)C21O. The summed E-state index contributed by atoms with van der Waals surface area (Å²) in [5, 5.41) is 26.0. The van der Waals surface area contributed by atoms with E-state index < -0.39 is 41.3 Å². The Bertz CT molecular complexity index is 1080. The summed E-state index contributed by atoms with van der Waals surface area (Å²) in [4.78, 5) is 44.9. The summed E-state index contributed by atoms with van der Waals surface area (Å²) in [5.74, 6) is -0.813. The van der Waals surface area contributed by atoms with Gasteiger partial charge in [0.2, 0.25) is 0 Å². The van der Waals surface area contributed by atoms with Crippen molar-refractivity contribution in [3.8, 4) is 0 Å². The molecule has 2 aliphatic rings. The van der Waals surface area contributed by atoms with Crippen molar-refractivity contribution in [2.24, 2.45) is 17.3 Å². The second kappa shape index (κ2) is 12.6. The lowest BCUT2D eigenvalue weighted by atomic mass is 9.75. The van der Waals surface area contributed by atoms with Gasteiger partial charge < -0.3 is 24.6 Å². The number of hydrogen-bond acceptors (Lipinski definition) is 9. The van der Waals surface area contributed by atoms with Crippen molar-refractivity contribution in [3.63, 3.8) is 0 Å². The van der Waals surface area contributed by atoms with Gasteiger partial charge in [-0.15, -0.1) is 11.3 Å². The van der Waals surface area contributed by atoms with Crippen molar-refractivity contribution in [2.75, 3.05) is 13.7 Å². The molecule has 39 heavy (non-hydrogen) atoms. The van der Waals surface area contributed by atoms with E-state index in [4.69, 9.17) is 9.47 Å². The third-order valence-corrected chi connectivity index (χ3v) is 8.89. The molecule has 3 rings (SSSR count). The summed E-state index contributed by atoms with van der Waals surface area (Å²) in [5.41, 5.74) is -1.49. The minimum Gasteiger partial charge on any atom is -0.455 e. The van der Waals surface area contributed by atoms with Gasteiger partial charge >= 0.3 is 5.97 Å². The van der Waals surface area contributed by atoms with Crippen LogP contribution in [0.2, 0.25) is 0 Å². The van der Waals surface area contributed by atoms with Gasteiger partial charge in [0.15, 0.2) is 11.8 Å². The molecule has 9 nitrogen and oxygen atoms in total. The molecule has 2 saturated heterocycles. The summed E-state index contributed by atoms with van der Waals surface area (Å²) in [6, 6.07) is -0.649. The van der Waals surface area contributed by atoms with Crippen molar-refractivity contribution in [1.29, 1.82) is 0 Å². The fourth-order valence-electron chi connectivity index (χ4n) is 5.89. The lowest BCUT2D eigenvalue weighted by molar-refractivity contribution is -0.162. The van der Waals surface area contributed by atoms with Crippen LogP contribution in [0.5, 0.6) is 0 Å². The monoisotopic (exact) mass is 564 g/mol. The van der Waals surface area contributed by atoms with Crippen LogP contribution in [0.15, 0.2) is 11.0 Å². The Morgan fingerprint density at radius 3 is 2.62 bits per heavy atom. The number of esters is 1. The van der Waals surface area contributed by atoms with E-state index in [1.807, 2.05) is 33.1 Å². The minimum absolute atomic E-state index is 0.0263. The average Bonchev–Trinajstić information content (AvgIpc) is 3.25. The van der Waals surface area contributed by atoms with Crippen molar-refractivity contribution in [3.05, 3.63) is 21.7 Å². The molecule has 10 heteroatoms. The first-order valence-corrected chi connectivity index (χ1v) is 14.7. The third-order valence-electron chi connectivity index (χ3n) is 8.10. The molecule has 0 aliphatic carbocycles. The number of aliphatic hydroxyl groups excluding tert-OH is 1. The zero-order valence-corrected chi connectivity index (χ0v) is 25.0. The smallest absolute Gasteiger partial charge is 0.306 e. The minimum atomic E-state index is -1.91. The first-order valence-electron chi connectivity index (χ1n) is 13.8. The van der Waals surface area contributed by atoms with Crippen LogP contribution in [-0.4, -0.2) is 75.4 Å². The van der Waals surface area contributed by atoms with Gasteiger partial charge in [0.25, 0.3) is 5.91 Å². The van der Waals surface area contributed by atoms with E-state index >= 15 is 0 Å². The molecule has 1 aromatic heterocycles. The van der Waals surface area contributed by atoms with Crippen LogP contribution in [0, 0.1) is 24.2 Å². The normalized spacial score (nSPS) is 32.9. The highest BCUT2D eigenvalue weighted by Gasteiger charge is 2.69. The molecule has 3 heterocycles. The van der Waals surface area contributed by atoms with Crippen molar-refractivity contribution in [2.45, 2.75) is 104 Å². The standard InChI is InChI=1S/C29H44N2O7S/c1-17-9-8-10-22-29(36,31(22)23(32)15-37-7)27(35)25(18(2)14-21-16-39-20(4)30-21)38-24(33)11-12-28(5,6)26(34)19(3)13-17/h14,16-17,19,22,25,27,35-36H,8-13,15H2,1-7H3. The number of aryl methyl sites for hydroxylation is 1. The van der Waals surface area contributed by atoms with E-state index in [0.717, 1.165) is 17.8 Å². The van der Waals surface area contributed by atoms with Crippen LogP contribution in [0.25, 0.3) is 6.08 Å². The maximum absolute atomic E-state index is 13.2. The van der Waals surface area contributed by atoms with Gasteiger partial charge in [-0.2, -0.15) is 0 Å². The van der Waals surface area contributed by atoms with Crippen LogP contribution >= 0.6 is 11.3 Å². The highest BCUT2D eigenvalue weighted by molar-refractivity contribution is 7.09. The number of ether oxygens (including phenoxy) is 2. The van der Waals surface area contributed by atoms with Crippen LogP contribution in [0.3, 0.4) is 0 Å². The molecule has 218 valence electrons. The number of methoxy groups -OCH3 is 1. The predicted molar refractivity (Wildman–Crippen MR) is 149 cm³/mol. The fourth-order valence-corrected chi connectivity index (χ4v) is 6.46. The number of rotatable bonds is 4. The van der Waals surface area contributed by atoms with Crippen LogP contribution < -0.4 is 0 Å². The maximum Gasteiger partial charge on any atom is 0.306 e. The lowest BCUT2D eigenvalue weighted by Gasteiger charge is -2.30. The van der Waals surface area contributed by atoms with E-state index in [2.05, 4.69) is 11.9 Å². The number of cyclic esters (lactones) is 1. The predicted octanol–water partition coefficient (Wildman–Crippen LogP) is 3.90. The Morgan fingerprint density at radius 2 is 2.00 bits per heavy atom. The summed E-state index contributed by atoms with van der Waals surface area (Å²) in [7, 11) is 1.40. The van der Waals surface area contributed by atoms with Crippen molar-refractivity contribution < 1.29 is 34.1 Å². The number of nitrogens with zero attached hydrogens (tertiary/aromatic N) is 2. The number of aromatic nitrogens is 1. The number of aliphatic hydroxyl groups is 2. The molecule has 0 bridgehead atoms.